The van der Waals surface area contributed by atoms with Gasteiger partial charge in [0.05, 0.1) is 10.6 Å². The molecule has 32 heavy (non-hydrogen) atoms. The molecule has 2 N–H and O–H groups in total. The summed E-state index contributed by atoms with van der Waals surface area (Å²) in [5, 5.41) is 3.11. The van der Waals surface area contributed by atoms with E-state index in [0.29, 0.717) is 22.8 Å². The fraction of sp³-hybridized carbons (Fsp3) is 0.174. The minimum atomic E-state index is -3.84. The fourth-order valence-electron chi connectivity index (χ4n) is 2.83. The summed E-state index contributed by atoms with van der Waals surface area (Å²) in [7, 11) is -3.84. The average Bonchev–Trinajstić information content (AvgIpc) is 2.76. The number of carbonyl (C=O) groups is 1. The van der Waals surface area contributed by atoms with E-state index in [1.807, 2.05) is 6.92 Å². The third kappa shape index (κ3) is 5.77. The maximum absolute atomic E-state index is 13.8. The third-order valence-electron chi connectivity index (χ3n) is 4.63. The molecule has 0 aliphatic heterocycles. The lowest BCUT2D eigenvalue weighted by Crippen LogP contribution is -2.32. The summed E-state index contributed by atoms with van der Waals surface area (Å²) in [5.74, 6) is -1.05. The van der Waals surface area contributed by atoms with Crippen molar-refractivity contribution in [2.75, 3.05) is 10.0 Å². The Kier molecular flexibility index (Phi) is 7.37. The molecule has 0 unspecified atom stereocenters. The highest BCUT2D eigenvalue weighted by Gasteiger charge is 2.21. The molecule has 168 valence electrons. The van der Waals surface area contributed by atoms with Crippen molar-refractivity contribution in [1.82, 2.24) is 0 Å². The molecule has 1 atom stereocenters. The second-order valence-corrected chi connectivity index (χ2v) is 9.12. The Morgan fingerprint density at radius 2 is 1.72 bits per heavy atom. The number of benzene rings is 3. The van der Waals surface area contributed by atoms with E-state index in [4.69, 9.17) is 16.3 Å². The monoisotopic (exact) mass is 476 g/mol. The van der Waals surface area contributed by atoms with Crippen LogP contribution in [0.1, 0.15) is 18.9 Å². The van der Waals surface area contributed by atoms with Gasteiger partial charge in [-0.3, -0.25) is 9.52 Å². The summed E-state index contributed by atoms with van der Waals surface area (Å²) in [6, 6.07) is 16.4. The van der Waals surface area contributed by atoms with Crippen LogP contribution in [0, 0.1) is 12.7 Å². The van der Waals surface area contributed by atoms with Crippen molar-refractivity contribution in [3.05, 3.63) is 83.1 Å². The van der Waals surface area contributed by atoms with Gasteiger partial charge in [-0.25, -0.2) is 12.8 Å². The predicted molar refractivity (Wildman–Crippen MR) is 123 cm³/mol. The first-order chi connectivity index (χ1) is 15.2. The van der Waals surface area contributed by atoms with Crippen LogP contribution in [-0.2, 0) is 14.8 Å². The fourth-order valence-corrected chi connectivity index (χ4v) is 4.06. The summed E-state index contributed by atoms with van der Waals surface area (Å²) >= 11 is 6.05. The molecule has 9 heteroatoms. The van der Waals surface area contributed by atoms with Crippen LogP contribution < -0.4 is 14.8 Å². The zero-order valence-electron chi connectivity index (χ0n) is 17.4. The third-order valence-corrected chi connectivity index (χ3v) is 6.43. The van der Waals surface area contributed by atoms with Crippen molar-refractivity contribution in [3.63, 3.8) is 0 Å². The van der Waals surface area contributed by atoms with Gasteiger partial charge in [0.1, 0.15) is 0 Å². The van der Waals surface area contributed by atoms with Gasteiger partial charge < -0.3 is 10.1 Å². The predicted octanol–water partition coefficient (Wildman–Crippen LogP) is 5.38. The zero-order valence-corrected chi connectivity index (χ0v) is 19.0. The van der Waals surface area contributed by atoms with Gasteiger partial charge in [-0.2, -0.15) is 0 Å². The molecule has 0 heterocycles. The number of halogens is 2. The number of nitrogens with one attached hydrogen (secondary N) is 2. The lowest BCUT2D eigenvalue weighted by molar-refractivity contribution is -0.122. The van der Waals surface area contributed by atoms with Gasteiger partial charge in [0.2, 0.25) is 0 Å². The van der Waals surface area contributed by atoms with E-state index in [1.54, 1.807) is 25.1 Å². The van der Waals surface area contributed by atoms with Gasteiger partial charge in [0.25, 0.3) is 15.9 Å². The highest BCUT2D eigenvalue weighted by atomic mass is 35.5. The number of amides is 1. The number of ether oxygens (including phenoxy) is 1. The Hall–Kier alpha value is -3.10. The number of hydrogen-bond acceptors (Lipinski definition) is 4. The second-order valence-electron chi connectivity index (χ2n) is 7.03. The topological polar surface area (TPSA) is 84.5 Å². The number of rotatable bonds is 8. The smallest absolute Gasteiger partial charge is 0.265 e. The van der Waals surface area contributed by atoms with E-state index in [1.165, 1.54) is 48.5 Å². The molecule has 3 aromatic rings. The lowest BCUT2D eigenvalue weighted by atomic mass is 10.2. The van der Waals surface area contributed by atoms with E-state index in [0.717, 1.165) is 5.56 Å². The summed E-state index contributed by atoms with van der Waals surface area (Å²) in [4.78, 5) is 12.6. The molecule has 3 aromatic carbocycles. The normalized spacial score (nSPS) is 12.1. The van der Waals surface area contributed by atoms with Crippen LogP contribution in [0.4, 0.5) is 15.8 Å². The van der Waals surface area contributed by atoms with Crippen LogP contribution in [0.25, 0.3) is 0 Å². The number of para-hydroxylation sites is 1. The first-order valence-electron chi connectivity index (χ1n) is 9.80. The molecule has 0 fully saturated rings. The first-order valence-corrected chi connectivity index (χ1v) is 11.7. The molecule has 0 aromatic heterocycles. The van der Waals surface area contributed by atoms with Crippen LogP contribution in [0.2, 0.25) is 5.02 Å². The Bertz CT molecular complexity index is 1220. The van der Waals surface area contributed by atoms with E-state index in [9.17, 15) is 17.6 Å². The van der Waals surface area contributed by atoms with Crippen molar-refractivity contribution in [1.29, 1.82) is 0 Å². The Balaban J connectivity index is 1.68. The summed E-state index contributed by atoms with van der Waals surface area (Å²) in [5.41, 5.74) is 1.55. The number of anilines is 2. The van der Waals surface area contributed by atoms with Gasteiger partial charge in [0, 0.05) is 10.7 Å². The summed E-state index contributed by atoms with van der Waals surface area (Å²) in [6.45, 7) is 3.56. The molecule has 0 saturated carbocycles. The van der Waals surface area contributed by atoms with Gasteiger partial charge in [-0.1, -0.05) is 36.7 Å². The molecule has 6 nitrogen and oxygen atoms in total. The maximum Gasteiger partial charge on any atom is 0.265 e. The van der Waals surface area contributed by atoms with Crippen molar-refractivity contribution in [2.45, 2.75) is 31.3 Å². The van der Waals surface area contributed by atoms with E-state index in [2.05, 4.69) is 10.0 Å². The standard InChI is InChI=1S/C23H22ClFN2O4S/c1-3-21(31-22-7-5-4-6-20(22)25)23(28)26-16-10-12-18(13-11-16)32(29,30)27-17-9-8-15(2)19(24)14-17/h4-14,21,27H,3H2,1-2H3,(H,26,28)/t21-/m1/s1. The zero-order chi connectivity index (χ0) is 23.3. The molecule has 0 bridgehead atoms. The second kappa shape index (κ2) is 10.0. The van der Waals surface area contributed by atoms with Gasteiger partial charge >= 0.3 is 0 Å². The van der Waals surface area contributed by atoms with E-state index in [-0.39, 0.29) is 10.6 Å². The lowest BCUT2D eigenvalue weighted by Gasteiger charge is -2.18. The Morgan fingerprint density at radius 3 is 2.34 bits per heavy atom. The Labute approximate surface area is 191 Å². The summed E-state index contributed by atoms with van der Waals surface area (Å²) in [6.07, 6.45) is -0.599. The number of hydrogen-bond donors (Lipinski definition) is 2. The molecular formula is C23H22ClFN2O4S. The highest BCUT2D eigenvalue weighted by Crippen LogP contribution is 2.24. The molecule has 0 spiro atoms. The van der Waals surface area contributed by atoms with Gasteiger partial charge in [-0.15, -0.1) is 0 Å². The van der Waals surface area contributed by atoms with Crippen molar-refractivity contribution < 1.29 is 22.3 Å². The van der Waals surface area contributed by atoms with Crippen LogP contribution >= 0.6 is 11.6 Å². The van der Waals surface area contributed by atoms with Crippen molar-refractivity contribution >= 4 is 38.9 Å². The maximum atomic E-state index is 13.8. The molecular weight excluding hydrogens is 455 g/mol. The quantitative estimate of drug-likeness (QED) is 0.457. The van der Waals surface area contributed by atoms with Crippen LogP contribution in [0.5, 0.6) is 5.75 Å². The summed E-state index contributed by atoms with van der Waals surface area (Å²) < 4.78 is 47.0. The molecule has 0 aliphatic rings. The Morgan fingerprint density at radius 1 is 1.06 bits per heavy atom. The highest BCUT2D eigenvalue weighted by molar-refractivity contribution is 7.92. The number of sulfonamides is 1. The van der Waals surface area contributed by atoms with E-state index < -0.39 is 27.9 Å². The van der Waals surface area contributed by atoms with Gasteiger partial charge in [-0.05, 0) is 67.4 Å². The van der Waals surface area contributed by atoms with Crippen LogP contribution in [0.3, 0.4) is 0 Å². The first kappa shape index (κ1) is 23.6. The van der Waals surface area contributed by atoms with Crippen LogP contribution in [-0.4, -0.2) is 20.4 Å². The van der Waals surface area contributed by atoms with Crippen molar-refractivity contribution in [2.24, 2.45) is 0 Å². The molecule has 0 aliphatic carbocycles. The number of carbonyl (C=O) groups excluding carboxylic acids is 1. The molecule has 0 radical (unpaired) electrons. The average molecular weight is 477 g/mol. The van der Waals surface area contributed by atoms with Gasteiger partial charge in [0.15, 0.2) is 17.7 Å². The SMILES string of the molecule is CC[C@@H](Oc1ccccc1F)C(=O)Nc1ccc(S(=O)(=O)Nc2ccc(C)c(Cl)c2)cc1. The minimum absolute atomic E-state index is 0.0155. The number of aryl methyl sites for hydroxylation is 1. The largest absolute Gasteiger partial charge is 0.478 e. The van der Waals surface area contributed by atoms with Crippen LogP contribution in [0.15, 0.2) is 71.6 Å². The molecule has 3 rings (SSSR count). The molecule has 1 amide bonds. The molecule has 0 saturated heterocycles. The minimum Gasteiger partial charge on any atom is -0.478 e. The van der Waals surface area contributed by atoms with Crippen molar-refractivity contribution in [3.8, 4) is 5.75 Å². The van der Waals surface area contributed by atoms with E-state index >= 15 is 0 Å².